The van der Waals surface area contributed by atoms with Gasteiger partial charge in [0.05, 0.1) is 6.04 Å². The van der Waals surface area contributed by atoms with Gasteiger partial charge < -0.3 is 14.8 Å². The lowest BCUT2D eigenvalue weighted by molar-refractivity contribution is 0.0925. The SMILES string of the molecule is Cc1cc(C)cc(C(=O)N[C@H](c2ccc3c(c2)OCCO3)C(C)C)c1. The molecule has 1 aliphatic heterocycles. The van der Waals surface area contributed by atoms with Gasteiger partial charge in [-0.25, -0.2) is 0 Å². The molecule has 132 valence electrons. The minimum absolute atomic E-state index is 0.0552. The van der Waals surface area contributed by atoms with E-state index in [0.717, 1.165) is 28.2 Å². The molecule has 1 atom stereocenters. The topological polar surface area (TPSA) is 47.6 Å². The fourth-order valence-corrected chi connectivity index (χ4v) is 3.22. The highest BCUT2D eigenvalue weighted by Gasteiger charge is 2.22. The lowest BCUT2D eigenvalue weighted by Gasteiger charge is -2.25. The van der Waals surface area contributed by atoms with Crippen LogP contribution in [0.5, 0.6) is 11.5 Å². The van der Waals surface area contributed by atoms with Gasteiger partial charge in [-0.2, -0.15) is 0 Å². The van der Waals surface area contributed by atoms with Crippen LogP contribution in [-0.4, -0.2) is 19.1 Å². The molecule has 1 amide bonds. The molecule has 0 saturated heterocycles. The zero-order valence-corrected chi connectivity index (χ0v) is 15.3. The van der Waals surface area contributed by atoms with Crippen LogP contribution in [0.25, 0.3) is 0 Å². The van der Waals surface area contributed by atoms with E-state index in [-0.39, 0.29) is 17.9 Å². The summed E-state index contributed by atoms with van der Waals surface area (Å²) in [5, 5.41) is 3.17. The minimum atomic E-state index is -0.0934. The molecule has 2 aromatic rings. The first-order chi connectivity index (χ1) is 11.9. The monoisotopic (exact) mass is 339 g/mol. The van der Waals surface area contributed by atoms with Gasteiger partial charge in [0.1, 0.15) is 13.2 Å². The number of hydrogen-bond donors (Lipinski definition) is 1. The van der Waals surface area contributed by atoms with Crippen LogP contribution in [0.3, 0.4) is 0 Å². The van der Waals surface area contributed by atoms with E-state index in [1.54, 1.807) is 0 Å². The van der Waals surface area contributed by atoms with Gasteiger partial charge in [0, 0.05) is 5.56 Å². The van der Waals surface area contributed by atoms with Gasteiger partial charge in [-0.15, -0.1) is 0 Å². The fraction of sp³-hybridized carbons (Fsp3) is 0.381. The number of fused-ring (bicyclic) bond motifs is 1. The zero-order chi connectivity index (χ0) is 18.0. The smallest absolute Gasteiger partial charge is 0.251 e. The van der Waals surface area contributed by atoms with Crippen molar-refractivity contribution in [3.8, 4) is 11.5 Å². The second-order valence-corrected chi connectivity index (χ2v) is 6.97. The van der Waals surface area contributed by atoms with Crippen molar-refractivity contribution < 1.29 is 14.3 Å². The standard InChI is InChI=1S/C21H25NO3/c1-13(2)20(16-5-6-18-19(12-16)25-8-7-24-18)22-21(23)17-10-14(3)9-15(4)11-17/h5-6,9-13,20H,7-8H2,1-4H3,(H,22,23)/t20-/m0/s1. The molecule has 3 rings (SSSR count). The molecule has 0 aliphatic carbocycles. The Bertz CT molecular complexity index is 762. The molecule has 2 aromatic carbocycles. The second-order valence-electron chi connectivity index (χ2n) is 6.97. The molecule has 0 radical (unpaired) electrons. The molecule has 4 heteroatoms. The third kappa shape index (κ3) is 3.95. The quantitative estimate of drug-likeness (QED) is 0.908. The lowest BCUT2D eigenvalue weighted by atomic mass is 9.95. The predicted molar refractivity (Wildman–Crippen MR) is 98.4 cm³/mol. The van der Waals surface area contributed by atoms with Crippen LogP contribution in [-0.2, 0) is 0 Å². The summed E-state index contributed by atoms with van der Waals surface area (Å²) in [6.45, 7) is 9.34. The van der Waals surface area contributed by atoms with Crippen molar-refractivity contribution in [2.75, 3.05) is 13.2 Å². The van der Waals surface area contributed by atoms with Crippen LogP contribution < -0.4 is 14.8 Å². The maximum absolute atomic E-state index is 12.8. The van der Waals surface area contributed by atoms with Crippen LogP contribution in [0.1, 0.15) is 46.9 Å². The van der Waals surface area contributed by atoms with Crippen LogP contribution >= 0.6 is 0 Å². The highest BCUT2D eigenvalue weighted by Crippen LogP contribution is 2.34. The summed E-state index contributed by atoms with van der Waals surface area (Å²) in [7, 11) is 0. The van der Waals surface area contributed by atoms with Crippen LogP contribution in [0.15, 0.2) is 36.4 Å². The normalized spacial score (nSPS) is 14.3. The highest BCUT2D eigenvalue weighted by molar-refractivity contribution is 5.94. The number of rotatable bonds is 4. The molecule has 25 heavy (non-hydrogen) atoms. The molecular formula is C21H25NO3. The summed E-state index contributed by atoms with van der Waals surface area (Å²) < 4.78 is 11.3. The second kappa shape index (κ2) is 7.18. The van der Waals surface area contributed by atoms with Gasteiger partial charge in [-0.05, 0) is 49.6 Å². The Balaban J connectivity index is 1.85. The first kappa shape index (κ1) is 17.3. The Kier molecular flexibility index (Phi) is 4.98. The zero-order valence-electron chi connectivity index (χ0n) is 15.3. The van der Waals surface area contributed by atoms with Crippen LogP contribution in [0.2, 0.25) is 0 Å². The van der Waals surface area contributed by atoms with Crippen LogP contribution in [0, 0.1) is 19.8 Å². The summed E-state index contributed by atoms with van der Waals surface area (Å²) in [5.74, 6) is 1.70. The number of benzene rings is 2. The van der Waals surface area contributed by atoms with Crippen molar-refractivity contribution in [3.05, 3.63) is 58.7 Å². The van der Waals surface area contributed by atoms with E-state index in [1.807, 2.05) is 44.2 Å². The first-order valence-corrected chi connectivity index (χ1v) is 8.73. The largest absolute Gasteiger partial charge is 0.486 e. The molecule has 4 nitrogen and oxygen atoms in total. The van der Waals surface area contributed by atoms with E-state index in [9.17, 15) is 4.79 Å². The van der Waals surface area contributed by atoms with Crippen molar-refractivity contribution >= 4 is 5.91 Å². The molecule has 1 N–H and O–H groups in total. The molecule has 1 heterocycles. The third-order valence-electron chi connectivity index (χ3n) is 4.36. The van der Waals surface area contributed by atoms with Crippen LogP contribution in [0.4, 0.5) is 0 Å². The summed E-state index contributed by atoms with van der Waals surface area (Å²) in [6, 6.07) is 11.7. The number of aryl methyl sites for hydroxylation is 2. The Labute approximate surface area is 149 Å². The Morgan fingerprint density at radius 1 is 0.960 bits per heavy atom. The van der Waals surface area contributed by atoms with E-state index in [0.29, 0.717) is 18.8 Å². The average molecular weight is 339 g/mol. The molecule has 1 aliphatic rings. The maximum Gasteiger partial charge on any atom is 0.251 e. The van der Waals surface area contributed by atoms with Crippen molar-refractivity contribution in [1.82, 2.24) is 5.32 Å². The molecule has 0 spiro atoms. The fourth-order valence-electron chi connectivity index (χ4n) is 3.22. The molecular weight excluding hydrogens is 314 g/mol. The Morgan fingerprint density at radius 3 is 2.24 bits per heavy atom. The molecule has 0 bridgehead atoms. The Morgan fingerprint density at radius 2 is 1.60 bits per heavy atom. The molecule has 0 aromatic heterocycles. The van der Waals surface area contributed by atoms with Crippen molar-refractivity contribution in [2.24, 2.45) is 5.92 Å². The minimum Gasteiger partial charge on any atom is -0.486 e. The number of ether oxygens (including phenoxy) is 2. The Hall–Kier alpha value is -2.49. The van der Waals surface area contributed by atoms with Gasteiger partial charge >= 0.3 is 0 Å². The van der Waals surface area contributed by atoms with Gasteiger partial charge in [0.15, 0.2) is 11.5 Å². The summed E-state index contributed by atoms with van der Waals surface area (Å²) in [6.07, 6.45) is 0. The average Bonchev–Trinajstić information content (AvgIpc) is 2.58. The van der Waals surface area contributed by atoms with Gasteiger partial charge in [0.25, 0.3) is 5.91 Å². The summed E-state index contributed by atoms with van der Waals surface area (Å²) >= 11 is 0. The number of hydrogen-bond acceptors (Lipinski definition) is 3. The van der Waals surface area contributed by atoms with E-state index in [4.69, 9.17) is 9.47 Å². The van der Waals surface area contributed by atoms with Crippen molar-refractivity contribution in [3.63, 3.8) is 0 Å². The van der Waals surface area contributed by atoms with E-state index in [1.165, 1.54) is 0 Å². The summed E-state index contributed by atoms with van der Waals surface area (Å²) in [4.78, 5) is 12.8. The number of carbonyl (C=O) groups is 1. The maximum atomic E-state index is 12.8. The lowest BCUT2D eigenvalue weighted by Crippen LogP contribution is -2.32. The molecule has 0 fully saturated rings. The van der Waals surface area contributed by atoms with E-state index < -0.39 is 0 Å². The number of carbonyl (C=O) groups excluding carboxylic acids is 1. The van der Waals surface area contributed by atoms with Crippen molar-refractivity contribution in [1.29, 1.82) is 0 Å². The first-order valence-electron chi connectivity index (χ1n) is 8.73. The van der Waals surface area contributed by atoms with E-state index in [2.05, 4.69) is 25.2 Å². The molecule has 0 saturated carbocycles. The van der Waals surface area contributed by atoms with Crippen molar-refractivity contribution in [2.45, 2.75) is 33.7 Å². The number of amides is 1. The molecule has 0 unspecified atom stereocenters. The number of nitrogens with one attached hydrogen (secondary N) is 1. The van der Waals surface area contributed by atoms with E-state index >= 15 is 0 Å². The summed E-state index contributed by atoms with van der Waals surface area (Å²) in [5.41, 5.74) is 3.90. The predicted octanol–water partition coefficient (Wildman–Crippen LogP) is 4.20. The third-order valence-corrected chi connectivity index (χ3v) is 4.36. The van der Waals surface area contributed by atoms with Gasteiger partial charge in [-0.1, -0.05) is 37.1 Å². The highest BCUT2D eigenvalue weighted by atomic mass is 16.6. The van der Waals surface area contributed by atoms with Gasteiger partial charge in [-0.3, -0.25) is 4.79 Å². The van der Waals surface area contributed by atoms with Gasteiger partial charge in [0.2, 0.25) is 0 Å².